The van der Waals surface area contributed by atoms with Crippen molar-refractivity contribution in [3.63, 3.8) is 0 Å². The van der Waals surface area contributed by atoms with Gasteiger partial charge in [0.15, 0.2) is 0 Å². The second kappa shape index (κ2) is 6.27. The van der Waals surface area contributed by atoms with E-state index in [4.69, 9.17) is 0 Å². The van der Waals surface area contributed by atoms with E-state index in [1.165, 1.54) is 4.57 Å². The molecular formula is C17H18N4O3. The molecule has 2 N–H and O–H groups in total. The van der Waals surface area contributed by atoms with E-state index in [1.54, 1.807) is 26.0 Å². The molecule has 1 atom stereocenters. The quantitative estimate of drug-likeness (QED) is 0.882. The van der Waals surface area contributed by atoms with E-state index in [0.29, 0.717) is 17.1 Å². The lowest BCUT2D eigenvalue weighted by molar-refractivity contribution is -0.123. The molecule has 0 radical (unpaired) electrons. The Hall–Kier alpha value is -2.96. The topological polar surface area (TPSA) is 93.1 Å². The van der Waals surface area contributed by atoms with Crippen molar-refractivity contribution in [2.45, 2.75) is 32.9 Å². The van der Waals surface area contributed by atoms with Gasteiger partial charge in [-0.2, -0.15) is 4.98 Å². The lowest BCUT2D eigenvalue weighted by Gasteiger charge is -2.26. The van der Waals surface area contributed by atoms with E-state index in [-0.39, 0.29) is 24.8 Å². The van der Waals surface area contributed by atoms with Crippen LogP contribution in [0.2, 0.25) is 0 Å². The van der Waals surface area contributed by atoms with Gasteiger partial charge in [0, 0.05) is 17.1 Å². The fraction of sp³-hybridized carbons (Fsp3) is 0.294. The molecule has 1 aliphatic heterocycles. The average Bonchev–Trinajstić information content (AvgIpc) is 2.50. The van der Waals surface area contributed by atoms with Gasteiger partial charge in [0.25, 0.3) is 0 Å². The molecule has 0 spiro atoms. The number of aromatic nitrogens is 2. The van der Waals surface area contributed by atoms with Crippen LogP contribution in [0, 0.1) is 13.8 Å². The Morgan fingerprint density at radius 2 is 2.08 bits per heavy atom. The normalized spacial score (nSPS) is 16.2. The number of hydrogen-bond acceptors (Lipinski definition) is 4. The van der Waals surface area contributed by atoms with Gasteiger partial charge in [-0.15, -0.1) is 0 Å². The Bertz CT molecular complexity index is 872. The van der Waals surface area contributed by atoms with E-state index in [1.807, 2.05) is 18.2 Å². The van der Waals surface area contributed by atoms with Gasteiger partial charge in [0.2, 0.25) is 11.8 Å². The third kappa shape index (κ3) is 3.19. The molecule has 2 aromatic rings. The molecular weight excluding hydrogens is 308 g/mol. The summed E-state index contributed by atoms with van der Waals surface area (Å²) < 4.78 is 1.32. The second-order valence-electron chi connectivity index (χ2n) is 5.87. The average molecular weight is 326 g/mol. The lowest BCUT2D eigenvalue weighted by Crippen LogP contribution is -2.39. The predicted octanol–water partition coefficient (Wildman–Crippen LogP) is 1.06. The molecule has 124 valence electrons. The molecule has 1 aromatic carbocycles. The highest BCUT2D eigenvalue weighted by atomic mass is 16.2. The summed E-state index contributed by atoms with van der Waals surface area (Å²) in [7, 11) is 0. The Morgan fingerprint density at radius 1 is 1.33 bits per heavy atom. The number of benzene rings is 1. The minimum Gasteiger partial charge on any atom is -0.347 e. The van der Waals surface area contributed by atoms with E-state index in [9.17, 15) is 14.4 Å². The number of rotatable bonds is 3. The Labute approximate surface area is 138 Å². The Morgan fingerprint density at radius 3 is 2.83 bits per heavy atom. The van der Waals surface area contributed by atoms with Gasteiger partial charge < -0.3 is 10.6 Å². The number of carbonyl (C=O) groups is 2. The van der Waals surface area contributed by atoms with Crippen LogP contribution in [0.1, 0.15) is 29.4 Å². The molecule has 0 aliphatic carbocycles. The van der Waals surface area contributed by atoms with Crippen molar-refractivity contribution in [3.8, 4) is 0 Å². The van der Waals surface area contributed by atoms with Crippen LogP contribution in [-0.4, -0.2) is 21.4 Å². The van der Waals surface area contributed by atoms with Crippen LogP contribution in [-0.2, 0) is 16.1 Å². The van der Waals surface area contributed by atoms with Gasteiger partial charge in [-0.1, -0.05) is 18.2 Å². The fourth-order valence-corrected chi connectivity index (χ4v) is 2.89. The lowest BCUT2D eigenvalue weighted by atomic mass is 9.97. The zero-order valence-electron chi connectivity index (χ0n) is 13.5. The van der Waals surface area contributed by atoms with Crippen molar-refractivity contribution in [1.29, 1.82) is 0 Å². The first-order valence-corrected chi connectivity index (χ1v) is 7.67. The van der Waals surface area contributed by atoms with Gasteiger partial charge in [0.05, 0.1) is 12.5 Å². The maximum absolute atomic E-state index is 12.4. The highest BCUT2D eigenvalue weighted by Gasteiger charge is 2.26. The number of anilines is 1. The van der Waals surface area contributed by atoms with E-state index in [2.05, 4.69) is 15.6 Å². The van der Waals surface area contributed by atoms with E-state index < -0.39 is 11.7 Å². The smallest absolute Gasteiger partial charge is 0.347 e. The zero-order chi connectivity index (χ0) is 17.3. The van der Waals surface area contributed by atoms with Crippen molar-refractivity contribution in [2.75, 3.05) is 5.32 Å². The maximum Gasteiger partial charge on any atom is 0.348 e. The minimum absolute atomic E-state index is 0.127. The predicted molar refractivity (Wildman–Crippen MR) is 88.5 cm³/mol. The monoisotopic (exact) mass is 326 g/mol. The summed E-state index contributed by atoms with van der Waals surface area (Å²) in [4.78, 5) is 39.9. The molecule has 24 heavy (non-hydrogen) atoms. The fourth-order valence-electron chi connectivity index (χ4n) is 2.89. The summed E-state index contributed by atoms with van der Waals surface area (Å²) in [6, 6.07) is 8.68. The third-order valence-corrected chi connectivity index (χ3v) is 3.98. The molecule has 1 aliphatic rings. The van der Waals surface area contributed by atoms with Crippen molar-refractivity contribution >= 4 is 17.5 Å². The van der Waals surface area contributed by atoms with Crippen LogP contribution in [0.4, 0.5) is 5.69 Å². The Kier molecular flexibility index (Phi) is 4.16. The number of aryl methyl sites for hydroxylation is 2. The number of carbonyl (C=O) groups excluding carboxylic acids is 2. The third-order valence-electron chi connectivity index (χ3n) is 3.98. The summed E-state index contributed by atoms with van der Waals surface area (Å²) in [5.74, 6) is -0.482. The van der Waals surface area contributed by atoms with Gasteiger partial charge in [-0.05, 0) is 31.5 Å². The van der Waals surface area contributed by atoms with Gasteiger partial charge >= 0.3 is 5.69 Å². The molecule has 0 bridgehead atoms. The molecule has 1 unspecified atom stereocenters. The summed E-state index contributed by atoms with van der Waals surface area (Å²) in [6.07, 6.45) is 0.169. The molecule has 0 saturated carbocycles. The Balaban J connectivity index is 1.79. The van der Waals surface area contributed by atoms with Crippen molar-refractivity contribution in [1.82, 2.24) is 14.9 Å². The summed E-state index contributed by atoms with van der Waals surface area (Å²) in [6.45, 7) is 3.36. The van der Waals surface area contributed by atoms with Crippen molar-refractivity contribution in [2.24, 2.45) is 0 Å². The van der Waals surface area contributed by atoms with Crippen LogP contribution in [0.5, 0.6) is 0 Å². The van der Waals surface area contributed by atoms with Crippen molar-refractivity contribution < 1.29 is 9.59 Å². The molecule has 7 heteroatoms. The highest BCUT2D eigenvalue weighted by Crippen LogP contribution is 2.29. The molecule has 1 aromatic heterocycles. The van der Waals surface area contributed by atoms with Crippen molar-refractivity contribution in [3.05, 3.63) is 57.8 Å². The maximum atomic E-state index is 12.4. The number of amides is 2. The number of nitrogens with one attached hydrogen (secondary N) is 2. The summed E-state index contributed by atoms with van der Waals surface area (Å²) >= 11 is 0. The zero-order valence-corrected chi connectivity index (χ0v) is 13.5. The summed E-state index contributed by atoms with van der Waals surface area (Å²) in [5, 5.41) is 5.62. The molecule has 3 rings (SSSR count). The first-order valence-electron chi connectivity index (χ1n) is 7.67. The first kappa shape index (κ1) is 15.9. The molecule has 2 heterocycles. The van der Waals surface area contributed by atoms with Crippen LogP contribution in [0.3, 0.4) is 0 Å². The van der Waals surface area contributed by atoms with Crippen LogP contribution in [0.25, 0.3) is 0 Å². The van der Waals surface area contributed by atoms with Gasteiger partial charge in [0.1, 0.15) is 6.54 Å². The molecule has 0 saturated heterocycles. The number of hydrogen-bond donors (Lipinski definition) is 2. The largest absolute Gasteiger partial charge is 0.348 e. The highest BCUT2D eigenvalue weighted by molar-refractivity contribution is 5.95. The number of fused-ring (bicyclic) bond motifs is 1. The van der Waals surface area contributed by atoms with Gasteiger partial charge in [-0.3, -0.25) is 14.2 Å². The SMILES string of the molecule is Cc1cc(C)n(CC(=O)NC2CC(=O)Nc3ccccc32)c(=O)n1. The van der Waals surface area contributed by atoms with Gasteiger partial charge in [-0.25, -0.2) is 4.79 Å². The molecule has 7 nitrogen and oxygen atoms in total. The van der Waals surface area contributed by atoms with Crippen LogP contribution >= 0.6 is 0 Å². The van der Waals surface area contributed by atoms with Crippen LogP contribution in [0.15, 0.2) is 35.1 Å². The molecule has 2 amide bonds. The van der Waals surface area contributed by atoms with Crippen LogP contribution < -0.4 is 16.3 Å². The number of nitrogens with zero attached hydrogens (tertiary/aromatic N) is 2. The molecule has 0 fully saturated rings. The minimum atomic E-state index is -0.454. The van der Waals surface area contributed by atoms with E-state index >= 15 is 0 Å². The first-order chi connectivity index (χ1) is 11.4. The second-order valence-corrected chi connectivity index (χ2v) is 5.87. The van der Waals surface area contributed by atoms with E-state index in [0.717, 1.165) is 5.56 Å². The standard InChI is InChI=1S/C17H18N4O3/c1-10-7-11(2)21(17(24)18-10)9-16(23)20-14-8-15(22)19-13-6-4-3-5-12(13)14/h3-7,14H,8-9H2,1-2H3,(H,19,22)(H,20,23). The number of para-hydroxylation sites is 1. The summed E-state index contributed by atoms with van der Waals surface area (Å²) in [5.41, 5.74) is 2.39.